The van der Waals surface area contributed by atoms with Gasteiger partial charge in [-0.05, 0) is 53.9 Å². The Kier molecular flexibility index (Phi) is 6.88. The molecule has 1 fully saturated rings. The first-order valence-corrected chi connectivity index (χ1v) is 12.6. The zero-order chi connectivity index (χ0) is 27.7. The van der Waals surface area contributed by atoms with Crippen molar-refractivity contribution in [2.75, 3.05) is 37.0 Å². The van der Waals surface area contributed by atoms with Crippen LogP contribution in [0.2, 0.25) is 0 Å². The van der Waals surface area contributed by atoms with Gasteiger partial charge in [-0.3, -0.25) is 14.6 Å². The van der Waals surface area contributed by atoms with E-state index in [9.17, 15) is 14.4 Å². The molecule has 4 aromatic rings. The average Bonchev–Trinajstić information content (AvgIpc) is 3.50. The quantitative estimate of drug-likeness (QED) is 0.395. The number of aromatic nitrogens is 4. The Labute approximate surface area is 225 Å². The zero-order valence-electron chi connectivity index (χ0n) is 22.2. The molecule has 3 heterocycles. The standard InChI is InChI=1S/C28H29N7O4/c1-5-22-23(18-9-11-20(12-10-18)35-27(37)32(3)26(31-35)39-4)13-14-30-24(22)34-16-15-33(28(34)38)21-8-6-7-19(17-21)25(36)29-2/h6-14,17H,5,15-16H2,1-4H3,(H,29,36). The Morgan fingerprint density at radius 3 is 2.44 bits per heavy atom. The molecule has 2 aromatic carbocycles. The van der Waals surface area contributed by atoms with Crippen LogP contribution >= 0.6 is 0 Å². The lowest BCUT2D eigenvalue weighted by Crippen LogP contribution is -2.33. The summed E-state index contributed by atoms with van der Waals surface area (Å²) in [4.78, 5) is 46.1. The second-order valence-corrected chi connectivity index (χ2v) is 9.02. The van der Waals surface area contributed by atoms with Crippen LogP contribution < -0.4 is 25.5 Å². The number of rotatable bonds is 7. The van der Waals surface area contributed by atoms with Crippen LogP contribution in [0.15, 0.2) is 65.6 Å². The molecule has 2 aromatic heterocycles. The molecule has 0 saturated carbocycles. The van der Waals surface area contributed by atoms with E-state index < -0.39 is 0 Å². The summed E-state index contributed by atoms with van der Waals surface area (Å²) < 4.78 is 7.78. The summed E-state index contributed by atoms with van der Waals surface area (Å²) in [5.74, 6) is 0.404. The van der Waals surface area contributed by atoms with E-state index in [0.29, 0.717) is 42.3 Å². The molecular formula is C28H29N7O4. The maximum Gasteiger partial charge on any atom is 0.353 e. The summed E-state index contributed by atoms with van der Waals surface area (Å²) in [6.07, 6.45) is 2.36. The van der Waals surface area contributed by atoms with E-state index in [1.807, 2.05) is 43.3 Å². The van der Waals surface area contributed by atoms with Gasteiger partial charge in [0, 0.05) is 50.2 Å². The van der Waals surface area contributed by atoms with E-state index in [4.69, 9.17) is 4.74 Å². The molecule has 11 heteroatoms. The first-order valence-electron chi connectivity index (χ1n) is 12.6. The van der Waals surface area contributed by atoms with E-state index >= 15 is 0 Å². The molecule has 1 aliphatic heterocycles. The maximum atomic E-state index is 13.5. The number of nitrogens with one attached hydrogen (secondary N) is 1. The maximum absolute atomic E-state index is 13.5. The molecule has 0 radical (unpaired) electrons. The van der Waals surface area contributed by atoms with Gasteiger partial charge >= 0.3 is 17.7 Å². The van der Waals surface area contributed by atoms with E-state index in [1.165, 1.54) is 16.4 Å². The highest BCUT2D eigenvalue weighted by Gasteiger charge is 2.33. The van der Waals surface area contributed by atoms with E-state index in [1.54, 1.807) is 48.3 Å². The number of hydrogen-bond donors (Lipinski definition) is 1. The Balaban J connectivity index is 1.45. The van der Waals surface area contributed by atoms with Gasteiger partial charge in [0.2, 0.25) is 0 Å². The van der Waals surface area contributed by atoms with Crippen LogP contribution in [0.1, 0.15) is 22.8 Å². The number of carbonyl (C=O) groups is 2. The largest absolute Gasteiger partial charge is 0.467 e. The van der Waals surface area contributed by atoms with E-state index in [2.05, 4.69) is 15.4 Å². The number of urea groups is 1. The van der Waals surface area contributed by atoms with E-state index in [-0.39, 0.29) is 23.6 Å². The van der Waals surface area contributed by atoms with Gasteiger partial charge < -0.3 is 10.1 Å². The molecule has 1 N–H and O–H groups in total. The molecule has 5 rings (SSSR count). The molecule has 0 bridgehead atoms. The first kappa shape index (κ1) is 25.7. The number of hydrogen-bond acceptors (Lipinski definition) is 6. The van der Waals surface area contributed by atoms with Crippen LogP contribution in [0.4, 0.5) is 16.3 Å². The second kappa shape index (κ2) is 10.4. The fraction of sp³-hybridized carbons (Fsp3) is 0.250. The van der Waals surface area contributed by atoms with Crippen molar-refractivity contribution in [2.24, 2.45) is 7.05 Å². The molecule has 0 atom stereocenters. The van der Waals surface area contributed by atoms with E-state index in [0.717, 1.165) is 16.7 Å². The number of pyridine rings is 1. The number of anilines is 2. The molecule has 39 heavy (non-hydrogen) atoms. The van der Waals surface area contributed by atoms with Crippen LogP contribution in [0.5, 0.6) is 6.01 Å². The number of nitrogens with zero attached hydrogens (tertiary/aromatic N) is 6. The molecule has 3 amide bonds. The van der Waals surface area contributed by atoms with Gasteiger partial charge in [0.1, 0.15) is 5.82 Å². The summed E-state index contributed by atoms with van der Waals surface area (Å²) in [7, 11) is 4.64. The minimum absolute atomic E-state index is 0.192. The van der Waals surface area contributed by atoms with Crippen molar-refractivity contribution < 1.29 is 14.3 Å². The Morgan fingerprint density at radius 2 is 1.77 bits per heavy atom. The fourth-order valence-corrected chi connectivity index (χ4v) is 4.81. The Bertz CT molecular complexity index is 1610. The van der Waals surface area contributed by atoms with Crippen LogP contribution in [0.3, 0.4) is 0 Å². The van der Waals surface area contributed by atoms with Crippen molar-refractivity contribution in [3.05, 3.63) is 82.4 Å². The van der Waals surface area contributed by atoms with Gasteiger partial charge in [0.05, 0.1) is 12.8 Å². The number of ether oxygens (including phenoxy) is 1. The minimum Gasteiger partial charge on any atom is -0.467 e. The normalized spacial score (nSPS) is 13.2. The van der Waals surface area contributed by atoms with Gasteiger partial charge in [0.15, 0.2) is 0 Å². The lowest BCUT2D eigenvalue weighted by atomic mass is 9.98. The number of methoxy groups -OCH3 is 1. The molecule has 11 nitrogen and oxygen atoms in total. The van der Waals surface area contributed by atoms with Crippen LogP contribution in [-0.4, -0.2) is 58.5 Å². The van der Waals surface area contributed by atoms with Gasteiger partial charge in [-0.25, -0.2) is 19.1 Å². The third kappa shape index (κ3) is 4.52. The average molecular weight is 528 g/mol. The highest BCUT2D eigenvalue weighted by Crippen LogP contribution is 2.33. The first-order chi connectivity index (χ1) is 18.9. The lowest BCUT2D eigenvalue weighted by molar-refractivity contribution is 0.0963. The van der Waals surface area contributed by atoms with Gasteiger partial charge in [-0.15, -0.1) is 5.10 Å². The van der Waals surface area contributed by atoms with Crippen LogP contribution in [0, 0.1) is 0 Å². The molecule has 0 aliphatic carbocycles. The zero-order valence-corrected chi connectivity index (χ0v) is 22.2. The number of carbonyl (C=O) groups excluding carboxylic acids is 2. The van der Waals surface area contributed by atoms with Crippen LogP contribution in [0.25, 0.3) is 16.8 Å². The summed E-state index contributed by atoms with van der Waals surface area (Å²) in [6, 6.07) is 16.5. The summed E-state index contributed by atoms with van der Waals surface area (Å²) in [5.41, 5.74) is 4.28. The second-order valence-electron chi connectivity index (χ2n) is 9.02. The lowest BCUT2D eigenvalue weighted by Gasteiger charge is -2.22. The van der Waals surface area contributed by atoms with Crippen molar-refractivity contribution in [2.45, 2.75) is 13.3 Å². The van der Waals surface area contributed by atoms with Crippen molar-refractivity contribution in [1.82, 2.24) is 24.6 Å². The summed E-state index contributed by atoms with van der Waals surface area (Å²) in [6.45, 7) is 2.97. The third-order valence-electron chi connectivity index (χ3n) is 6.84. The predicted octanol–water partition coefficient (Wildman–Crippen LogP) is 3.01. The monoisotopic (exact) mass is 527 g/mol. The summed E-state index contributed by atoms with van der Waals surface area (Å²) in [5, 5.41) is 6.84. The van der Waals surface area contributed by atoms with Crippen molar-refractivity contribution in [3.8, 4) is 22.8 Å². The highest BCUT2D eigenvalue weighted by atomic mass is 16.5. The van der Waals surface area contributed by atoms with Crippen molar-refractivity contribution in [1.29, 1.82) is 0 Å². The van der Waals surface area contributed by atoms with Crippen LogP contribution in [-0.2, 0) is 13.5 Å². The van der Waals surface area contributed by atoms with Crippen molar-refractivity contribution >= 4 is 23.4 Å². The van der Waals surface area contributed by atoms with Gasteiger partial charge in [-0.1, -0.05) is 25.1 Å². The smallest absolute Gasteiger partial charge is 0.353 e. The topological polar surface area (TPSA) is 115 Å². The Morgan fingerprint density at radius 1 is 1.03 bits per heavy atom. The third-order valence-corrected chi connectivity index (χ3v) is 6.84. The SMILES string of the molecule is CCc1c(-c2ccc(-n3nc(OC)n(C)c3=O)cc2)ccnc1N1CCN(c2cccc(C(=O)NC)c2)C1=O. The molecule has 1 saturated heterocycles. The van der Waals surface area contributed by atoms with Crippen molar-refractivity contribution in [3.63, 3.8) is 0 Å². The Hall–Kier alpha value is -4.93. The molecular weight excluding hydrogens is 498 g/mol. The highest BCUT2D eigenvalue weighted by molar-refractivity contribution is 6.07. The minimum atomic E-state index is -0.307. The van der Waals surface area contributed by atoms with Gasteiger partial charge in [0.25, 0.3) is 5.91 Å². The summed E-state index contributed by atoms with van der Waals surface area (Å²) >= 11 is 0. The van der Waals surface area contributed by atoms with Gasteiger partial charge in [-0.2, -0.15) is 4.68 Å². The molecule has 1 aliphatic rings. The molecule has 0 unspecified atom stereocenters. The number of amides is 3. The number of benzene rings is 2. The predicted molar refractivity (Wildman–Crippen MR) is 148 cm³/mol. The fourth-order valence-electron chi connectivity index (χ4n) is 4.81. The molecule has 200 valence electrons. The molecule has 0 spiro atoms.